The molecular weight excluding hydrogens is 334 g/mol. The summed E-state index contributed by atoms with van der Waals surface area (Å²) in [6.45, 7) is 0. The predicted octanol–water partition coefficient (Wildman–Crippen LogP) is 3.52. The third-order valence-electron chi connectivity index (χ3n) is 2.16. The van der Waals surface area contributed by atoms with Crippen LogP contribution < -0.4 is 10.9 Å². The van der Waals surface area contributed by atoms with Gasteiger partial charge in [0.2, 0.25) is 0 Å². The number of rotatable bonds is 3. The summed E-state index contributed by atoms with van der Waals surface area (Å²) in [5, 5.41) is 0. The van der Waals surface area contributed by atoms with Crippen LogP contribution in [0.3, 0.4) is 0 Å². The van der Waals surface area contributed by atoms with Crippen molar-refractivity contribution in [3.8, 4) is 11.5 Å². The Morgan fingerprint density at radius 3 is 1.74 bits per heavy atom. The molecular formula is C12H12BrNO4S. The van der Waals surface area contributed by atoms with E-state index >= 15 is 0 Å². The second kappa shape index (κ2) is 6.16. The maximum Gasteiger partial charge on any atom is 0.127 e. The van der Waals surface area contributed by atoms with Crippen LogP contribution in [0.4, 0.5) is 0 Å². The molecule has 4 N–H and O–H groups in total. The topological polar surface area (TPSA) is 103 Å². The number of hydrogen-bond donors (Lipinski definition) is 1. The lowest BCUT2D eigenvalue weighted by atomic mass is 10.3. The second-order valence-corrected chi connectivity index (χ2v) is 5.78. The Labute approximate surface area is 119 Å². The molecule has 0 bridgehead atoms. The standard InChI is InChI=1S/C12H9BrO4S.H3N/c13-9-1-3-10(4-2-9)17-11-5-7-12(8-6-11)18(14,15)16;/h1-8H,(H,14,15,16);1H3. The van der Waals surface area contributed by atoms with Crippen molar-refractivity contribution < 1.29 is 17.7 Å². The van der Waals surface area contributed by atoms with E-state index in [4.69, 9.17) is 4.74 Å². The molecule has 0 aliphatic heterocycles. The summed E-state index contributed by atoms with van der Waals surface area (Å²) in [6.07, 6.45) is 0. The molecule has 2 rings (SSSR count). The molecule has 0 aliphatic carbocycles. The van der Waals surface area contributed by atoms with Gasteiger partial charge in [0, 0.05) is 4.47 Å². The van der Waals surface area contributed by atoms with Crippen molar-refractivity contribution in [1.29, 1.82) is 0 Å². The summed E-state index contributed by atoms with van der Waals surface area (Å²) in [4.78, 5) is -0.273. The minimum Gasteiger partial charge on any atom is -0.744 e. The van der Waals surface area contributed by atoms with Crippen molar-refractivity contribution in [1.82, 2.24) is 6.15 Å². The lowest BCUT2D eigenvalue weighted by Crippen LogP contribution is -1.97. The Balaban J connectivity index is 0.00000180. The molecule has 0 unspecified atom stereocenters. The monoisotopic (exact) mass is 345 g/mol. The normalized spacial score (nSPS) is 10.6. The van der Waals surface area contributed by atoms with E-state index in [1.54, 1.807) is 12.1 Å². The van der Waals surface area contributed by atoms with Gasteiger partial charge in [-0.25, -0.2) is 8.42 Å². The first-order valence-corrected chi connectivity index (χ1v) is 7.15. The van der Waals surface area contributed by atoms with Crippen LogP contribution in [0.25, 0.3) is 0 Å². The second-order valence-electron chi connectivity index (χ2n) is 3.48. The highest BCUT2D eigenvalue weighted by molar-refractivity contribution is 9.10. The first kappa shape index (κ1) is 15.6. The predicted molar refractivity (Wildman–Crippen MR) is 74.6 cm³/mol. The third-order valence-corrected chi connectivity index (χ3v) is 3.54. The summed E-state index contributed by atoms with van der Waals surface area (Å²) in [7, 11) is -4.41. The molecule has 0 spiro atoms. The lowest BCUT2D eigenvalue weighted by Gasteiger charge is -2.09. The van der Waals surface area contributed by atoms with E-state index in [1.807, 2.05) is 12.1 Å². The van der Waals surface area contributed by atoms with Crippen molar-refractivity contribution in [3.05, 3.63) is 53.0 Å². The maximum absolute atomic E-state index is 10.7. The van der Waals surface area contributed by atoms with Gasteiger partial charge in [0.15, 0.2) is 0 Å². The fourth-order valence-electron chi connectivity index (χ4n) is 1.31. The molecule has 2 aromatic carbocycles. The van der Waals surface area contributed by atoms with Crippen molar-refractivity contribution in [2.75, 3.05) is 0 Å². The first-order chi connectivity index (χ1) is 8.45. The zero-order chi connectivity index (χ0) is 13.2. The van der Waals surface area contributed by atoms with Crippen LogP contribution >= 0.6 is 15.9 Å². The van der Waals surface area contributed by atoms with Crippen LogP contribution in [0, 0.1) is 0 Å². The highest BCUT2D eigenvalue weighted by atomic mass is 79.9. The van der Waals surface area contributed by atoms with Gasteiger partial charge in [-0.15, -0.1) is 0 Å². The quantitative estimate of drug-likeness (QED) is 0.859. The molecule has 0 heterocycles. The summed E-state index contributed by atoms with van der Waals surface area (Å²) in [6, 6.07) is 12.5. The lowest BCUT2D eigenvalue weighted by molar-refractivity contribution is 0.462. The minimum atomic E-state index is -4.41. The van der Waals surface area contributed by atoms with E-state index in [2.05, 4.69) is 15.9 Å². The van der Waals surface area contributed by atoms with Gasteiger partial charge in [0.05, 0.1) is 4.90 Å². The van der Waals surface area contributed by atoms with E-state index in [0.29, 0.717) is 11.5 Å². The van der Waals surface area contributed by atoms with Crippen molar-refractivity contribution in [3.63, 3.8) is 0 Å². The molecule has 0 saturated carbocycles. The number of benzene rings is 2. The van der Waals surface area contributed by atoms with Crippen LogP contribution in [0.1, 0.15) is 0 Å². The number of ether oxygens (including phenoxy) is 1. The van der Waals surface area contributed by atoms with E-state index < -0.39 is 10.1 Å². The zero-order valence-corrected chi connectivity index (χ0v) is 12.4. The van der Waals surface area contributed by atoms with Crippen LogP contribution in [0.15, 0.2) is 57.9 Å². The molecule has 0 aromatic heterocycles. The van der Waals surface area contributed by atoms with Gasteiger partial charge in [-0.3, -0.25) is 0 Å². The van der Waals surface area contributed by atoms with Gasteiger partial charge >= 0.3 is 0 Å². The van der Waals surface area contributed by atoms with Gasteiger partial charge in [-0.1, -0.05) is 15.9 Å². The van der Waals surface area contributed by atoms with Crippen molar-refractivity contribution >= 4 is 26.0 Å². The summed E-state index contributed by atoms with van der Waals surface area (Å²) in [5.74, 6) is 1.08. The number of quaternary nitrogens is 1. The Bertz CT molecular complexity index is 638. The van der Waals surface area contributed by atoms with E-state index in [1.165, 1.54) is 24.3 Å². The molecule has 7 heteroatoms. The van der Waals surface area contributed by atoms with Crippen LogP contribution in [0.2, 0.25) is 0 Å². The van der Waals surface area contributed by atoms with Crippen LogP contribution in [0.5, 0.6) is 11.5 Å². The number of halogens is 1. The molecule has 102 valence electrons. The van der Waals surface area contributed by atoms with E-state index in [-0.39, 0.29) is 11.0 Å². The molecule has 5 nitrogen and oxygen atoms in total. The molecule has 0 radical (unpaired) electrons. The molecule has 0 aliphatic rings. The van der Waals surface area contributed by atoms with Crippen LogP contribution in [-0.4, -0.2) is 13.0 Å². The first-order valence-electron chi connectivity index (χ1n) is 4.94. The summed E-state index contributed by atoms with van der Waals surface area (Å²) >= 11 is 3.31. The Kier molecular flexibility index (Phi) is 5.07. The highest BCUT2D eigenvalue weighted by Crippen LogP contribution is 2.24. The SMILES string of the molecule is O=S(=O)([O-])c1ccc(Oc2ccc(Br)cc2)cc1.[NH4+]. The molecule has 2 aromatic rings. The van der Waals surface area contributed by atoms with E-state index in [9.17, 15) is 13.0 Å². The average molecular weight is 346 g/mol. The van der Waals surface area contributed by atoms with Gasteiger partial charge in [0.25, 0.3) is 0 Å². The zero-order valence-electron chi connectivity index (χ0n) is 10.0. The van der Waals surface area contributed by atoms with Crippen molar-refractivity contribution in [2.24, 2.45) is 0 Å². The third kappa shape index (κ3) is 4.32. The summed E-state index contributed by atoms with van der Waals surface area (Å²) in [5.41, 5.74) is 0. The number of hydrogen-bond acceptors (Lipinski definition) is 4. The minimum absolute atomic E-state index is 0. The highest BCUT2D eigenvalue weighted by Gasteiger charge is 2.02. The maximum atomic E-state index is 10.7. The molecule has 19 heavy (non-hydrogen) atoms. The average Bonchev–Trinajstić information content (AvgIpc) is 2.32. The summed E-state index contributed by atoms with van der Waals surface area (Å²) < 4.78 is 38.6. The molecule has 0 fully saturated rings. The van der Waals surface area contributed by atoms with Gasteiger partial charge in [-0.2, -0.15) is 0 Å². The Morgan fingerprint density at radius 1 is 0.895 bits per heavy atom. The molecule has 0 saturated heterocycles. The smallest absolute Gasteiger partial charge is 0.127 e. The molecule has 0 atom stereocenters. The van der Waals surface area contributed by atoms with Gasteiger partial charge < -0.3 is 15.4 Å². The molecule has 0 amide bonds. The van der Waals surface area contributed by atoms with Crippen LogP contribution in [-0.2, 0) is 10.1 Å². The van der Waals surface area contributed by atoms with Gasteiger partial charge in [-0.05, 0) is 48.5 Å². The van der Waals surface area contributed by atoms with Crippen molar-refractivity contribution in [2.45, 2.75) is 4.90 Å². The van der Waals surface area contributed by atoms with E-state index in [0.717, 1.165) is 4.47 Å². The Morgan fingerprint density at radius 2 is 1.32 bits per heavy atom. The largest absolute Gasteiger partial charge is 0.744 e. The fraction of sp³-hybridized carbons (Fsp3) is 0. The Hall–Kier alpha value is -1.41. The fourth-order valence-corrected chi connectivity index (χ4v) is 2.05. The van der Waals surface area contributed by atoms with Gasteiger partial charge in [0.1, 0.15) is 21.6 Å².